The molecule has 3 rings (SSSR count). The summed E-state index contributed by atoms with van der Waals surface area (Å²) < 4.78 is 5.09. The summed E-state index contributed by atoms with van der Waals surface area (Å²) in [5, 5.41) is 10.7. The summed E-state index contributed by atoms with van der Waals surface area (Å²) in [6, 6.07) is 0. The number of carbonyl (C=O) groups is 2. The van der Waals surface area contributed by atoms with E-state index in [4.69, 9.17) is 4.74 Å². The number of esters is 1. The van der Waals surface area contributed by atoms with Crippen LogP contribution in [-0.4, -0.2) is 29.6 Å². The normalized spacial score (nSPS) is 49.6. The molecule has 0 aromatic carbocycles. The van der Waals surface area contributed by atoms with Crippen molar-refractivity contribution in [1.82, 2.24) is 0 Å². The number of rotatable bonds is 0. The number of carbonyl (C=O) groups excluding carboxylic acids is 2. The monoisotopic (exact) mass is 264 g/mol. The summed E-state index contributed by atoms with van der Waals surface area (Å²) in [5.41, 5.74) is -0.755. The van der Waals surface area contributed by atoms with Gasteiger partial charge in [0.05, 0.1) is 12.0 Å². The molecule has 3 aliphatic rings. The molecule has 4 nitrogen and oxygen atoms in total. The van der Waals surface area contributed by atoms with E-state index in [1.807, 2.05) is 6.92 Å². The summed E-state index contributed by atoms with van der Waals surface area (Å²) in [4.78, 5) is 24.4. The highest BCUT2D eigenvalue weighted by atomic mass is 16.5. The Morgan fingerprint density at radius 2 is 2.11 bits per heavy atom. The van der Waals surface area contributed by atoms with Gasteiger partial charge in [0.2, 0.25) is 0 Å². The van der Waals surface area contributed by atoms with Gasteiger partial charge in [0.25, 0.3) is 0 Å². The first-order chi connectivity index (χ1) is 8.84. The van der Waals surface area contributed by atoms with E-state index >= 15 is 0 Å². The van der Waals surface area contributed by atoms with Gasteiger partial charge in [0, 0.05) is 6.42 Å². The van der Waals surface area contributed by atoms with Gasteiger partial charge in [0.15, 0.2) is 0 Å². The highest BCUT2D eigenvalue weighted by Crippen LogP contribution is 2.63. The lowest BCUT2D eigenvalue weighted by molar-refractivity contribution is -0.150. The molecular weight excluding hydrogens is 244 g/mol. The number of hydrogen-bond donors (Lipinski definition) is 1. The zero-order chi connectivity index (χ0) is 14.0. The minimum atomic E-state index is -1.05. The van der Waals surface area contributed by atoms with E-state index in [0.717, 1.165) is 6.42 Å². The third-order valence-electron chi connectivity index (χ3n) is 5.86. The molecular formula is C15H20O4. The van der Waals surface area contributed by atoms with E-state index in [9.17, 15) is 14.7 Å². The Kier molecular flexibility index (Phi) is 2.50. The van der Waals surface area contributed by atoms with E-state index in [1.165, 1.54) is 0 Å². The van der Waals surface area contributed by atoms with Crippen LogP contribution in [0.3, 0.4) is 0 Å². The molecule has 5 unspecified atom stereocenters. The molecule has 0 aromatic rings. The van der Waals surface area contributed by atoms with Gasteiger partial charge in [-0.15, -0.1) is 0 Å². The predicted molar refractivity (Wildman–Crippen MR) is 68.2 cm³/mol. The first kappa shape index (κ1) is 12.9. The second kappa shape index (κ2) is 3.69. The third-order valence-corrected chi connectivity index (χ3v) is 5.86. The Morgan fingerprint density at radius 1 is 1.42 bits per heavy atom. The molecule has 3 fully saturated rings. The van der Waals surface area contributed by atoms with Crippen LogP contribution in [0.4, 0.5) is 0 Å². The maximum atomic E-state index is 12.2. The lowest BCUT2D eigenvalue weighted by Crippen LogP contribution is -2.44. The molecule has 2 aliphatic carbocycles. The molecule has 19 heavy (non-hydrogen) atoms. The smallest absolute Gasteiger partial charge is 0.319 e. The molecule has 5 atom stereocenters. The van der Waals surface area contributed by atoms with E-state index < -0.39 is 23.4 Å². The SMILES string of the molecule is C=C1COC(=O)C12CC1(C)C(C)CCC(=O)C1C2O. The van der Waals surface area contributed by atoms with Crippen LogP contribution in [-0.2, 0) is 14.3 Å². The minimum absolute atomic E-state index is 0.0810. The average Bonchev–Trinajstić information content (AvgIpc) is 2.77. The van der Waals surface area contributed by atoms with Gasteiger partial charge in [0.1, 0.15) is 17.8 Å². The Balaban J connectivity index is 2.12. The molecule has 1 saturated heterocycles. The molecule has 2 saturated carbocycles. The van der Waals surface area contributed by atoms with Gasteiger partial charge in [-0.25, -0.2) is 0 Å². The van der Waals surface area contributed by atoms with Gasteiger partial charge in [-0.2, -0.15) is 0 Å². The van der Waals surface area contributed by atoms with Crippen molar-refractivity contribution in [3.8, 4) is 0 Å². The van der Waals surface area contributed by atoms with Crippen LogP contribution >= 0.6 is 0 Å². The molecule has 0 radical (unpaired) electrons. The van der Waals surface area contributed by atoms with Crippen LogP contribution < -0.4 is 0 Å². The van der Waals surface area contributed by atoms with Crippen molar-refractivity contribution < 1.29 is 19.4 Å². The Morgan fingerprint density at radius 3 is 2.63 bits per heavy atom. The maximum absolute atomic E-state index is 12.2. The van der Waals surface area contributed by atoms with Gasteiger partial charge in [-0.1, -0.05) is 20.4 Å². The van der Waals surface area contributed by atoms with Crippen LogP contribution in [0.2, 0.25) is 0 Å². The lowest BCUT2D eigenvalue weighted by atomic mass is 9.62. The van der Waals surface area contributed by atoms with Crippen LogP contribution in [0, 0.1) is 22.7 Å². The summed E-state index contributed by atoms with van der Waals surface area (Å²) in [5.74, 6) is -0.470. The number of hydrogen-bond acceptors (Lipinski definition) is 4. The summed E-state index contributed by atoms with van der Waals surface area (Å²) in [7, 11) is 0. The average molecular weight is 264 g/mol. The molecule has 1 heterocycles. The van der Waals surface area contributed by atoms with Gasteiger partial charge < -0.3 is 9.84 Å². The van der Waals surface area contributed by atoms with E-state index in [0.29, 0.717) is 24.3 Å². The number of cyclic esters (lactones) is 1. The van der Waals surface area contributed by atoms with E-state index in [1.54, 1.807) is 0 Å². The number of ketones is 1. The topological polar surface area (TPSA) is 63.6 Å². The summed E-state index contributed by atoms with van der Waals surface area (Å²) in [6.07, 6.45) is 0.832. The van der Waals surface area contributed by atoms with E-state index in [2.05, 4.69) is 13.5 Å². The maximum Gasteiger partial charge on any atom is 0.319 e. The van der Waals surface area contributed by atoms with Crippen molar-refractivity contribution in [3.63, 3.8) is 0 Å². The molecule has 0 aromatic heterocycles. The second-order valence-corrected chi connectivity index (χ2v) is 6.66. The molecule has 1 spiro atoms. The Hall–Kier alpha value is -1.16. The fourth-order valence-electron chi connectivity index (χ4n) is 4.41. The van der Waals surface area contributed by atoms with Crippen molar-refractivity contribution in [2.45, 2.75) is 39.2 Å². The van der Waals surface area contributed by atoms with Crippen LogP contribution in [0.5, 0.6) is 0 Å². The standard InChI is InChI=1S/C15H20O4/c1-8-4-5-10(16)11-12(17)15(7-14(8,11)3)9(2)6-19-13(15)18/h8,11-12,17H,2,4-7H2,1,3H3. The number of fused-ring (bicyclic) bond motifs is 1. The first-order valence-electron chi connectivity index (χ1n) is 6.90. The fourth-order valence-corrected chi connectivity index (χ4v) is 4.41. The quantitative estimate of drug-likeness (QED) is 0.531. The van der Waals surface area contributed by atoms with Crippen molar-refractivity contribution in [1.29, 1.82) is 0 Å². The number of Topliss-reactive ketones (excluding diaryl/α,β-unsaturated/α-hetero) is 1. The van der Waals surface area contributed by atoms with Crippen molar-refractivity contribution in [2.75, 3.05) is 6.61 Å². The van der Waals surface area contributed by atoms with Crippen molar-refractivity contribution >= 4 is 11.8 Å². The van der Waals surface area contributed by atoms with Gasteiger partial charge in [-0.3, -0.25) is 9.59 Å². The first-order valence-corrected chi connectivity index (χ1v) is 6.90. The van der Waals surface area contributed by atoms with Gasteiger partial charge in [-0.05, 0) is 29.7 Å². The third kappa shape index (κ3) is 1.33. The highest BCUT2D eigenvalue weighted by Gasteiger charge is 2.69. The number of ether oxygens (including phenoxy) is 1. The molecule has 1 N–H and O–H groups in total. The summed E-state index contributed by atoms with van der Waals surface area (Å²) in [6.45, 7) is 8.21. The Labute approximate surface area is 112 Å². The Bertz CT molecular complexity index is 465. The minimum Gasteiger partial charge on any atom is -0.460 e. The summed E-state index contributed by atoms with van der Waals surface area (Å²) >= 11 is 0. The van der Waals surface area contributed by atoms with Crippen molar-refractivity contribution in [2.24, 2.45) is 22.7 Å². The predicted octanol–water partition coefficient (Wildman–Crippen LogP) is 1.47. The van der Waals surface area contributed by atoms with Crippen molar-refractivity contribution in [3.05, 3.63) is 12.2 Å². The van der Waals surface area contributed by atoms with Crippen LogP contribution in [0.15, 0.2) is 12.2 Å². The van der Waals surface area contributed by atoms with E-state index in [-0.39, 0.29) is 17.8 Å². The zero-order valence-corrected chi connectivity index (χ0v) is 11.4. The largest absolute Gasteiger partial charge is 0.460 e. The highest BCUT2D eigenvalue weighted by molar-refractivity contribution is 5.90. The van der Waals surface area contributed by atoms with Gasteiger partial charge >= 0.3 is 5.97 Å². The lowest BCUT2D eigenvalue weighted by Gasteiger charge is -2.41. The molecule has 104 valence electrons. The molecule has 0 bridgehead atoms. The van der Waals surface area contributed by atoms with Crippen LogP contribution in [0.1, 0.15) is 33.1 Å². The molecule has 1 aliphatic heterocycles. The number of aliphatic hydroxyl groups excluding tert-OH is 1. The number of aliphatic hydroxyl groups is 1. The molecule has 0 amide bonds. The second-order valence-electron chi connectivity index (χ2n) is 6.66. The van der Waals surface area contributed by atoms with Crippen LogP contribution in [0.25, 0.3) is 0 Å². The fraction of sp³-hybridized carbons (Fsp3) is 0.733. The molecule has 4 heteroatoms. The zero-order valence-electron chi connectivity index (χ0n) is 11.4.